The molecule has 2 heterocycles. The molecule has 4 rings (SSSR count). The number of amides is 1. The molecular weight excluding hydrogens is 480 g/mol. The molecule has 1 fully saturated rings. The first-order valence-electron chi connectivity index (χ1n) is 11.9. The van der Waals surface area contributed by atoms with E-state index in [0.717, 1.165) is 0 Å². The first-order chi connectivity index (χ1) is 17.9. The van der Waals surface area contributed by atoms with Crippen molar-refractivity contribution < 1.29 is 28.7 Å². The Hall–Kier alpha value is -4.41. The van der Waals surface area contributed by atoms with Gasteiger partial charge in [0.25, 0.3) is 11.6 Å². The Morgan fingerprint density at radius 3 is 2.51 bits per heavy atom. The van der Waals surface area contributed by atoms with Gasteiger partial charge in [0.1, 0.15) is 17.2 Å². The molecule has 1 aliphatic rings. The summed E-state index contributed by atoms with van der Waals surface area (Å²) in [7, 11) is 3.08. The lowest BCUT2D eigenvalue weighted by Crippen LogP contribution is -2.43. The van der Waals surface area contributed by atoms with Crippen molar-refractivity contribution in [3.05, 3.63) is 64.3 Å². The molecule has 2 aromatic carbocycles. The predicted octanol–water partition coefficient (Wildman–Crippen LogP) is 3.88. The van der Waals surface area contributed by atoms with Crippen LogP contribution in [0.4, 0.5) is 5.69 Å². The largest absolute Gasteiger partial charge is 0.497 e. The molecule has 37 heavy (non-hydrogen) atoms. The Bertz CT molecular complexity index is 1300. The van der Waals surface area contributed by atoms with E-state index in [1.807, 2.05) is 0 Å². The molecule has 1 saturated heterocycles. The molecule has 1 aromatic heterocycles. The normalized spacial score (nSPS) is 15.2. The highest BCUT2D eigenvalue weighted by molar-refractivity contribution is 5.95. The van der Waals surface area contributed by atoms with E-state index in [4.69, 9.17) is 14.2 Å². The maximum atomic E-state index is 13.7. The number of nitrogens with zero attached hydrogens (tertiary/aromatic N) is 4. The van der Waals surface area contributed by atoms with Gasteiger partial charge < -0.3 is 19.1 Å². The van der Waals surface area contributed by atoms with Crippen molar-refractivity contribution in [1.29, 1.82) is 0 Å². The first-order valence-corrected chi connectivity index (χ1v) is 11.9. The molecule has 3 aromatic rings. The van der Waals surface area contributed by atoms with Crippen molar-refractivity contribution >= 4 is 17.6 Å². The Balaban J connectivity index is 1.76. The smallest absolute Gasteiger partial charge is 0.310 e. The van der Waals surface area contributed by atoms with Crippen LogP contribution in [0.5, 0.6) is 11.5 Å². The lowest BCUT2D eigenvalue weighted by molar-refractivity contribution is -0.384. The Morgan fingerprint density at radius 1 is 1.11 bits per heavy atom. The van der Waals surface area contributed by atoms with E-state index in [9.17, 15) is 19.7 Å². The van der Waals surface area contributed by atoms with E-state index < -0.39 is 10.8 Å². The fourth-order valence-corrected chi connectivity index (χ4v) is 4.36. The lowest BCUT2D eigenvalue weighted by Gasteiger charge is -2.31. The van der Waals surface area contributed by atoms with Crippen molar-refractivity contribution in [2.75, 3.05) is 33.9 Å². The lowest BCUT2D eigenvalue weighted by atomic mass is 9.98. The van der Waals surface area contributed by atoms with Gasteiger partial charge in [0.15, 0.2) is 0 Å². The number of aromatic nitrogens is 2. The van der Waals surface area contributed by atoms with E-state index in [2.05, 4.69) is 5.10 Å². The molecule has 1 unspecified atom stereocenters. The number of non-ortho nitro benzene ring substituents is 1. The van der Waals surface area contributed by atoms with Gasteiger partial charge in [-0.1, -0.05) is 0 Å². The van der Waals surface area contributed by atoms with E-state index in [1.54, 1.807) is 43.2 Å². The van der Waals surface area contributed by atoms with Crippen LogP contribution in [0.1, 0.15) is 30.3 Å². The molecule has 1 atom stereocenters. The summed E-state index contributed by atoms with van der Waals surface area (Å²) in [6, 6.07) is 12.7. The van der Waals surface area contributed by atoms with E-state index in [1.165, 1.54) is 36.1 Å². The Morgan fingerprint density at radius 2 is 1.86 bits per heavy atom. The van der Waals surface area contributed by atoms with E-state index in [-0.39, 0.29) is 36.4 Å². The van der Waals surface area contributed by atoms with Crippen molar-refractivity contribution in [2.24, 2.45) is 5.92 Å². The number of nitro benzene ring substituents is 1. The Labute approximate surface area is 213 Å². The highest BCUT2D eigenvalue weighted by Gasteiger charge is 2.32. The zero-order chi connectivity index (χ0) is 26.5. The predicted molar refractivity (Wildman–Crippen MR) is 134 cm³/mol. The van der Waals surface area contributed by atoms with Crippen LogP contribution in [0.15, 0.2) is 48.5 Å². The number of hydrogen-bond donors (Lipinski definition) is 0. The number of methoxy groups -OCH3 is 2. The third kappa shape index (κ3) is 5.40. The second-order valence-electron chi connectivity index (χ2n) is 8.51. The fourth-order valence-electron chi connectivity index (χ4n) is 4.36. The molecular formula is C26H28N4O7. The topological polar surface area (TPSA) is 126 Å². The molecule has 1 amide bonds. The van der Waals surface area contributed by atoms with Gasteiger partial charge in [-0.2, -0.15) is 5.10 Å². The third-order valence-electron chi connectivity index (χ3n) is 6.25. The van der Waals surface area contributed by atoms with Crippen molar-refractivity contribution in [2.45, 2.75) is 19.8 Å². The fraction of sp³-hybridized carbons (Fsp3) is 0.346. The zero-order valence-electron chi connectivity index (χ0n) is 20.9. The van der Waals surface area contributed by atoms with Crippen molar-refractivity contribution in [3.8, 4) is 28.4 Å². The van der Waals surface area contributed by atoms with Crippen molar-refractivity contribution in [3.63, 3.8) is 0 Å². The number of ether oxygens (including phenoxy) is 3. The number of likely N-dealkylation sites (tertiary alicyclic amines) is 1. The number of carbonyl (C=O) groups is 2. The molecule has 11 heteroatoms. The van der Waals surface area contributed by atoms with Gasteiger partial charge in [-0.15, -0.1) is 0 Å². The minimum atomic E-state index is -0.490. The molecule has 11 nitrogen and oxygen atoms in total. The van der Waals surface area contributed by atoms with Gasteiger partial charge in [0.2, 0.25) is 0 Å². The third-order valence-corrected chi connectivity index (χ3v) is 6.25. The summed E-state index contributed by atoms with van der Waals surface area (Å²) in [5.41, 5.74) is 1.77. The molecule has 0 aliphatic carbocycles. The van der Waals surface area contributed by atoms with Gasteiger partial charge in [-0.3, -0.25) is 19.7 Å². The van der Waals surface area contributed by atoms with Gasteiger partial charge in [0, 0.05) is 36.9 Å². The van der Waals surface area contributed by atoms with Crippen molar-refractivity contribution in [1.82, 2.24) is 14.7 Å². The molecule has 0 saturated carbocycles. The summed E-state index contributed by atoms with van der Waals surface area (Å²) in [6.45, 7) is 2.76. The molecule has 1 aliphatic heterocycles. The van der Waals surface area contributed by atoms with Crippen LogP contribution >= 0.6 is 0 Å². The molecule has 0 bridgehead atoms. The SMILES string of the molecule is CCOC(=O)C1CCCN(C(=O)c2cc(-c3ccc(OC)cc3OC)nn2-c2ccc([N+](=O)[O-])cc2)C1. The Kier molecular flexibility index (Phi) is 7.71. The monoisotopic (exact) mass is 508 g/mol. The average Bonchev–Trinajstić information content (AvgIpc) is 3.37. The summed E-state index contributed by atoms with van der Waals surface area (Å²) >= 11 is 0. The molecule has 0 radical (unpaired) electrons. The number of piperidine rings is 1. The standard InChI is InChI=1S/C26H28N4O7/c1-4-37-26(32)17-6-5-13-28(16-17)25(31)23-15-22(21-12-11-20(35-2)14-24(21)36-3)27-29(23)18-7-9-19(10-8-18)30(33)34/h7-12,14-15,17H,4-6,13,16H2,1-3H3. The minimum Gasteiger partial charge on any atom is -0.497 e. The van der Waals surface area contributed by atoms with Crippen LogP contribution in [-0.2, 0) is 9.53 Å². The number of hydrogen-bond acceptors (Lipinski definition) is 8. The molecule has 0 N–H and O–H groups in total. The molecule has 0 spiro atoms. The second-order valence-corrected chi connectivity index (χ2v) is 8.51. The maximum Gasteiger partial charge on any atom is 0.310 e. The minimum absolute atomic E-state index is 0.0749. The number of benzene rings is 2. The van der Waals surface area contributed by atoms with Crippen LogP contribution in [-0.4, -0.2) is 65.4 Å². The molecule has 194 valence electrons. The number of esters is 1. The van der Waals surface area contributed by atoms with Gasteiger partial charge in [-0.05, 0) is 50.1 Å². The van der Waals surface area contributed by atoms with Gasteiger partial charge in [-0.25, -0.2) is 4.68 Å². The summed E-state index contributed by atoms with van der Waals surface area (Å²) in [4.78, 5) is 38.4. The summed E-state index contributed by atoms with van der Waals surface area (Å²) in [5.74, 6) is 0.0951. The summed E-state index contributed by atoms with van der Waals surface area (Å²) in [6.07, 6.45) is 1.32. The zero-order valence-corrected chi connectivity index (χ0v) is 20.9. The van der Waals surface area contributed by atoms with Crippen LogP contribution in [0.2, 0.25) is 0 Å². The number of nitro groups is 1. The number of carbonyl (C=O) groups excluding carboxylic acids is 2. The highest BCUT2D eigenvalue weighted by atomic mass is 16.6. The van der Waals surface area contributed by atoms with E-state index >= 15 is 0 Å². The summed E-state index contributed by atoms with van der Waals surface area (Å²) in [5, 5.41) is 15.8. The van der Waals surface area contributed by atoms with Crippen LogP contribution in [0, 0.1) is 16.0 Å². The van der Waals surface area contributed by atoms with Crippen LogP contribution in [0.3, 0.4) is 0 Å². The van der Waals surface area contributed by atoms with E-state index in [0.29, 0.717) is 47.8 Å². The second kappa shape index (κ2) is 11.1. The first kappa shape index (κ1) is 25.7. The maximum absolute atomic E-state index is 13.7. The number of rotatable bonds is 8. The quantitative estimate of drug-likeness (QED) is 0.255. The summed E-state index contributed by atoms with van der Waals surface area (Å²) < 4.78 is 17.4. The average molecular weight is 509 g/mol. The van der Waals surface area contributed by atoms with Crippen LogP contribution in [0.25, 0.3) is 16.9 Å². The highest BCUT2D eigenvalue weighted by Crippen LogP contribution is 2.34. The van der Waals surface area contributed by atoms with Gasteiger partial charge >= 0.3 is 5.97 Å². The van der Waals surface area contributed by atoms with Gasteiger partial charge in [0.05, 0.1) is 43.0 Å². The van der Waals surface area contributed by atoms with Crippen LogP contribution < -0.4 is 9.47 Å².